The van der Waals surface area contributed by atoms with Gasteiger partial charge in [0.1, 0.15) is 5.84 Å². The van der Waals surface area contributed by atoms with E-state index >= 15 is 0 Å². The molecule has 2 heterocycles. The van der Waals surface area contributed by atoms with Crippen LogP contribution in [0.1, 0.15) is 32.1 Å². The minimum absolute atomic E-state index is 0. The number of anilines is 1. The van der Waals surface area contributed by atoms with Crippen molar-refractivity contribution in [3.63, 3.8) is 0 Å². The summed E-state index contributed by atoms with van der Waals surface area (Å²) in [5, 5.41) is 6.04. The number of nitrogens with one attached hydrogen (secondary N) is 3. The lowest BCUT2D eigenvalue weighted by atomic mass is 10.1. The third-order valence-corrected chi connectivity index (χ3v) is 5.53. The predicted molar refractivity (Wildman–Crippen MR) is 99.8 cm³/mol. The molecule has 0 aromatic heterocycles. The Morgan fingerprint density at radius 1 is 1.32 bits per heavy atom. The topological polar surface area (TPSA) is 99.7 Å². The smallest absolute Gasteiger partial charge is 0.262 e. The van der Waals surface area contributed by atoms with Crippen LogP contribution in [0.5, 0.6) is 0 Å². The highest BCUT2D eigenvalue weighted by Gasteiger charge is 2.20. The SMILES string of the molecule is Cl.O=C(CC1CCCN1)Nc1cccc(S(=O)(=O)NC2=NCCC2)c1. The Labute approximate surface area is 154 Å². The molecule has 0 radical (unpaired) electrons. The van der Waals surface area contributed by atoms with E-state index in [9.17, 15) is 13.2 Å². The summed E-state index contributed by atoms with van der Waals surface area (Å²) in [4.78, 5) is 16.3. The van der Waals surface area contributed by atoms with Gasteiger partial charge in [-0.1, -0.05) is 6.07 Å². The zero-order valence-corrected chi connectivity index (χ0v) is 15.5. The normalized spacial score (nSPS) is 19.8. The van der Waals surface area contributed by atoms with Crippen molar-refractivity contribution >= 4 is 39.9 Å². The number of amidine groups is 1. The number of amides is 1. The van der Waals surface area contributed by atoms with Gasteiger partial charge in [0.25, 0.3) is 10.0 Å². The lowest BCUT2D eigenvalue weighted by Gasteiger charge is -2.12. The van der Waals surface area contributed by atoms with Crippen molar-refractivity contribution in [1.82, 2.24) is 10.0 Å². The molecular weight excluding hydrogens is 364 g/mol. The molecule has 7 nitrogen and oxygen atoms in total. The molecule has 2 aliphatic heterocycles. The number of carbonyl (C=O) groups excluding carboxylic acids is 1. The summed E-state index contributed by atoms with van der Waals surface area (Å²) in [5.74, 6) is 0.383. The fourth-order valence-corrected chi connectivity index (χ4v) is 4.08. The fraction of sp³-hybridized carbons (Fsp3) is 0.500. The van der Waals surface area contributed by atoms with Gasteiger partial charge in [-0.2, -0.15) is 0 Å². The average molecular weight is 387 g/mol. The Hall–Kier alpha value is -1.64. The highest BCUT2D eigenvalue weighted by Crippen LogP contribution is 2.17. The monoisotopic (exact) mass is 386 g/mol. The van der Waals surface area contributed by atoms with Crippen molar-refractivity contribution in [2.45, 2.75) is 43.0 Å². The lowest BCUT2D eigenvalue weighted by molar-refractivity contribution is -0.116. The van der Waals surface area contributed by atoms with Crippen molar-refractivity contribution in [2.24, 2.45) is 4.99 Å². The molecule has 3 N–H and O–H groups in total. The Balaban J connectivity index is 0.00000225. The van der Waals surface area contributed by atoms with Gasteiger partial charge in [0.05, 0.1) is 4.90 Å². The van der Waals surface area contributed by atoms with E-state index in [2.05, 4.69) is 20.3 Å². The molecule has 138 valence electrons. The highest BCUT2D eigenvalue weighted by molar-refractivity contribution is 7.90. The van der Waals surface area contributed by atoms with E-state index < -0.39 is 10.0 Å². The van der Waals surface area contributed by atoms with Crippen molar-refractivity contribution < 1.29 is 13.2 Å². The number of benzene rings is 1. The Bertz CT molecular complexity index is 746. The first-order chi connectivity index (χ1) is 11.5. The van der Waals surface area contributed by atoms with Gasteiger partial charge >= 0.3 is 0 Å². The van der Waals surface area contributed by atoms with Gasteiger partial charge in [0, 0.05) is 31.1 Å². The predicted octanol–water partition coefficient (Wildman–Crippen LogP) is 1.66. The Kier molecular flexibility index (Phi) is 6.80. The van der Waals surface area contributed by atoms with Crippen LogP contribution in [0.15, 0.2) is 34.2 Å². The van der Waals surface area contributed by atoms with Crippen LogP contribution in [0.4, 0.5) is 5.69 Å². The van der Waals surface area contributed by atoms with Crippen LogP contribution in [-0.2, 0) is 14.8 Å². The summed E-state index contributed by atoms with van der Waals surface area (Å²) in [6.07, 6.45) is 3.98. The number of hydrogen-bond acceptors (Lipinski definition) is 5. The molecule has 1 unspecified atom stereocenters. The number of rotatable bonds is 5. The van der Waals surface area contributed by atoms with Crippen LogP contribution in [-0.4, -0.2) is 39.3 Å². The molecule has 0 bridgehead atoms. The van der Waals surface area contributed by atoms with E-state index in [4.69, 9.17) is 0 Å². The maximum absolute atomic E-state index is 12.4. The second kappa shape index (κ2) is 8.64. The second-order valence-corrected chi connectivity index (χ2v) is 7.79. The first-order valence-electron chi connectivity index (χ1n) is 8.22. The molecule has 0 saturated carbocycles. The van der Waals surface area contributed by atoms with E-state index in [0.717, 1.165) is 25.8 Å². The van der Waals surface area contributed by atoms with Gasteiger partial charge < -0.3 is 10.6 Å². The molecule has 0 spiro atoms. The van der Waals surface area contributed by atoms with Crippen molar-refractivity contribution in [2.75, 3.05) is 18.4 Å². The number of sulfonamides is 1. The van der Waals surface area contributed by atoms with Crippen LogP contribution >= 0.6 is 12.4 Å². The molecule has 1 saturated heterocycles. The lowest BCUT2D eigenvalue weighted by Crippen LogP contribution is -2.29. The summed E-state index contributed by atoms with van der Waals surface area (Å²) < 4.78 is 27.3. The summed E-state index contributed by atoms with van der Waals surface area (Å²) in [6.45, 7) is 1.60. The number of carbonyl (C=O) groups is 1. The molecular formula is C16H23ClN4O3S. The molecule has 0 aliphatic carbocycles. The highest BCUT2D eigenvalue weighted by atomic mass is 35.5. The maximum Gasteiger partial charge on any atom is 0.262 e. The van der Waals surface area contributed by atoms with Gasteiger partial charge in [-0.05, 0) is 44.0 Å². The minimum Gasteiger partial charge on any atom is -0.326 e. The molecule has 3 rings (SSSR count). The van der Waals surface area contributed by atoms with Crippen molar-refractivity contribution in [1.29, 1.82) is 0 Å². The zero-order valence-electron chi connectivity index (χ0n) is 13.8. The second-order valence-electron chi connectivity index (χ2n) is 6.11. The zero-order chi connectivity index (χ0) is 17.0. The van der Waals surface area contributed by atoms with Gasteiger partial charge in [-0.3, -0.25) is 14.5 Å². The molecule has 1 amide bonds. The number of nitrogens with zero attached hydrogens (tertiary/aromatic N) is 1. The molecule has 9 heteroatoms. The van der Waals surface area contributed by atoms with E-state index in [-0.39, 0.29) is 29.3 Å². The molecule has 25 heavy (non-hydrogen) atoms. The third kappa shape index (κ3) is 5.42. The van der Waals surface area contributed by atoms with Gasteiger partial charge in [0.2, 0.25) is 5.91 Å². The maximum atomic E-state index is 12.4. The minimum atomic E-state index is -3.67. The van der Waals surface area contributed by atoms with E-state index in [1.807, 2.05) is 0 Å². The molecule has 1 aromatic carbocycles. The Morgan fingerprint density at radius 3 is 2.84 bits per heavy atom. The van der Waals surface area contributed by atoms with Crippen molar-refractivity contribution in [3.05, 3.63) is 24.3 Å². The Morgan fingerprint density at radius 2 is 2.16 bits per heavy atom. The van der Waals surface area contributed by atoms with Crippen LogP contribution in [0.3, 0.4) is 0 Å². The average Bonchev–Trinajstić information content (AvgIpc) is 3.21. The number of halogens is 1. The van der Waals surface area contributed by atoms with Gasteiger partial charge in [-0.25, -0.2) is 8.42 Å². The summed E-state index contributed by atoms with van der Waals surface area (Å²) in [7, 11) is -3.67. The molecule has 2 aliphatic rings. The van der Waals surface area contributed by atoms with Crippen molar-refractivity contribution in [3.8, 4) is 0 Å². The molecule has 1 aromatic rings. The third-order valence-electron chi connectivity index (χ3n) is 4.15. The fourth-order valence-electron chi connectivity index (χ4n) is 2.94. The van der Waals surface area contributed by atoms with Gasteiger partial charge in [-0.15, -0.1) is 12.4 Å². The summed E-state index contributed by atoms with van der Waals surface area (Å²) in [6, 6.07) is 6.49. The molecule has 1 fully saturated rings. The van der Waals surface area contributed by atoms with Crippen LogP contribution in [0.25, 0.3) is 0 Å². The van der Waals surface area contributed by atoms with E-state index in [0.29, 0.717) is 30.9 Å². The standard InChI is InChI=1S/C16H22N4O3S.ClH/c21-16(11-12-5-2-8-17-12)19-13-4-1-6-14(10-13)24(22,23)20-15-7-3-9-18-15;/h1,4,6,10,12,17H,2-3,5,7-9,11H2,(H,18,20)(H,19,21);1H. The van der Waals surface area contributed by atoms with E-state index in [1.54, 1.807) is 12.1 Å². The molecule has 1 atom stereocenters. The van der Waals surface area contributed by atoms with Crippen LogP contribution in [0, 0.1) is 0 Å². The number of aliphatic imine (C=N–C) groups is 1. The first kappa shape index (κ1) is 19.7. The largest absolute Gasteiger partial charge is 0.326 e. The van der Waals surface area contributed by atoms with Crippen LogP contribution < -0.4 is 15.4 Å². The summed E-state index contributed by atoms with van der Waals surface area (Å²) >= 11 is 0. The van der Waals surface area contributed by atoms with Crippen LogP contribution in [0.2, 0.25) is 0 Å². The first-order valence-corrected chi connectivity index (χ1v) is 9.71. The van der Waals surface area contributed by atoms with E-state index in [1.165, 1.54) is 12.1 Å². The number of hydrogen-bond donors (Lipinski definition) is 3. The quantitative estimate of drug-likeness (QED) is 0.716. The summed E-state index contributed by atoms with van der Waals surface area (Å²) in [5.41, 5.74) is 0.481. The van der Waals surface area contributed by atoms with Gasteiger partial charge in [0.15, 0.2) is 0 Å².